The van der Waals surface area contributed by atoms with E-state index in [1.54, 1.807) is 19.2 Å². The normalized spacial score (nSPS) is 12.9. The fourth-order valence-electron chi connectivity index (χ4n) is 4.59. The number of aromatic nitrogens is 2. The number of ether oxygens (including phenoxy) is 2. The second-order valence-corrected chi connectivity index (χ2v) is 9.12. The molecule has 1 atom stereocenters. The number of hydrogen-bond acceptors (Lipinski definition) is 4. The highest BCUT2D eigenvalue weighted by molar-refractivity contribution is 6.35. The van der Waals surface area contributed by atoms with Gasteiger partial charge in [-0.15, -0.1) is 0 Å². The lowest BCUT2D eigenvalue weighted by molar-refractivity contribution is -0.118. The van der Waals surface area contributed by atoms with Crippen LogP contribution in [0.1, 0.15) is 31.2 Å². The number of halogens is 2. The van der Waals surface area contributed by atoms with Gasteiger partial charge in [0.1, 0.15) is 17.4 Å². The minimum Gasteiger partial charge on any atom is -0.493 e. The largest absolute Gasteiger partial charge is 0.493 e. The second-order valence-electron chi connectivity index (χ2n) is 8.74. The molecule has 0 aliphatic rings. The van der Waals surface area contributed by atoms with Gasteiger partial charge in [0.15, 0.2) is 23.0 Å². The molecular weight excluding hydrogens is 481 g/mol. The van der Waals surface area contributed by atoms with Crippen LogP contribution >= 0.6 is 11.6 Å². The highest BCUT2D eigenvalue weighted by Gasteiger charge is 2.37. The molecule has 3 aromatic carbocycles. The number of methoxy groups -OCH3 is 2. The van der Waals surface area contributed by atoms with E-state index in [0.717, 1.165) is 35.8 Å². The minimum absolute atomic E-state index is 0.0699. The first kappa shape index (κ1) is 25.7. The molecule has 0 spiro atoms. The summed E-state index contributed by atoms with van der Waals surface area (Å²) in [4.78, 5) is 17.8. The van der Waals surface area contributed by atoms with Crippen LogP contribution in [0.4, 0.5) is 10.1 Å². The Kier molecular flexibility index (Phi) is 7.91. The summed E-state index contributed by atoms with van der Waals surface area (Å²) in [5, 5.41) is 0.327. The number of rotatable bonds is 11. The summed E-state index contributed by atoms with van der Waals surface area (Å²) in [6, 6.07) is 17.9. The molecule has 0 N–H and O–H groups in total. The highest BCUT2D eigenvalue weighted by Crippen LogP contribution is 2.44. The Morgan fingerprint density at radius 1 is 1.08 bits per heavy atom. The molecule has 1 amide bonds. The van der Waals surface area contributed by atoms with Gasteiger partial charge in [-0.3, -0.25) is 0 Å². The number of para-hydroxylation sites is 2. The average molecular weight is 511 g/mol. The average Bonchev–Trinajstić information content (AvgIpc) is 3.22. The van der Waals surface area contributed by atoms with Gasteiger partial charge < -0.3 is 14.0 Å². The van der Waals surface area contributed by atoms with E-state index in [-0.39, 0.29) is 16.8 Å². The van der Waals surface area contributed by atoms with E-state index in [9.17, 15) is 9.18 Å². The monoisotopic (exact) mass is 510 g/mol. The number of hydrogen-bond donors (Lipinski definition) is 0. The maximum Gasteiger partial charge on any atom is 0.306 e. The number of carbonyl (C=O) groups excluding carboxylic acids is 1. The lowest BCUT2D eigenvalue weighted by Crippen LogP contribution is -2.49. The van der Waals surface area contributed by atoms with E-state index in [1.807, 2.05) is 41.0 Å². The van der Waals surface area contributed by atoms with Crippen LogP contribution in [0.25, 0.3) is 11.0 Å². The number of carbonyl (C=O) groups is 1. The fraction of sp³-hybridized carbons (Fsp3) is 0.286. The lowest BCUT2D eigenvalue weighted by Gasteiger charge is -2.32. The fourth-order valence-corrected chi connectivity index (χ4v) is 4.99. The van der Waals surface area contributed by atoms with Crippen molar-refractivity contribution in [3.8, 4) is 11.5 Å². The molecule has 6 nitrogen and oxygen atoms in total. The van der Waals surface area contributed by atoms with Crippen LogP contribution in [0.5, 0.6) is 11.5 Å². The molecule has 0 bridgehead atoms. The second kappa shape index (κ2) is 11.1. The Morgan fingerprint density at radius 3 is 2.58 bits per heavy atom. The van der Waals surface area contributed by atoms with Crippen LogP contribution in [0.3, 0.4) is 0 Å². The summed E-state index contributed by atoms with van der Waals surface area (Å²) in [5.41, 5.74) is 3.14. The van der Waals surface area contributed by atoms with Crippen molar-refractivity contribution in [3.63, 3.8) is 0 Å². The molecule has 1 aromatic heterocycles. The van der Waals surface area contributed by atoms with Gasteiger partial charge in [0.05, 0.1) is 31.8 Å². The lowest BCUT2D eigenvalue weighted by atomic mass is 10.1. The third-order valence-electron chi connectivity index (χ3n) is 6.44. The molecule has 8 heteroatoms. The van der Waals surface area contributed by atoms with Crippen LogP contribution < -0.4 is 14.0 Å². The summed E-state index contributed by atoms with van der Waals surface area (Å²) in [7, 11) is 3.06. The van der Waals surface area contributed by atoms with E-state index in [2.05, 4.69) is 6.92 Å². The highest BCUT2D eigenvalue weighted by atomic mass is 35.5. The molecule has 0 aliphatic carbocycles. The topological polar surface area (TPSA) is 53.4 Å². The number of imidazole rings is 1. The molecule has 0 aliphatic heterocycles. The predicted molar refractivity (Wildman–Crippen MR) is 141 cm³/mol. The van der Waals surface area contributed by atoms with E-state index in [0.29, 0.717) is 41.1 Å². The van der Waals surface area contributed by atoms with Gasteiger partial charge in [0.25, 0.3) is 0 Å². The van der Waals surface area contributed by atoms with Crippen molar-refractivity contribution < 1.29 is 18.7 Å². The number of benzene rings is 3. The molecule has 4 rings (SSSR count). The van der Waals surface area contributed by atoms with Crippen LogP contribution in [0.2, 0.25) is 5.02 Å². The first-order chi connectivity index (χ1) is 17.5. The third-order valence-corrected chi connectivity index (χ3v) is 6.81. The minimum atomic E-state index is -0.295. The first-order valence-corrected chi connectivity index (χ1v) is 12.3. The van der Waals surface area contributed by atoms with Crippen molar-refractivity contribution in [2.24, 2.45) is 0 Å². The molecule has 188 valence electrons. The van der Waals surface area contributed by atoms with Gasteiger partial charge in [0.2, 0.25) is 0 Å². The summed E-state index contributed by atoms with van der Waals surface area (Å²) in [6.07, 6.45) is 2.63. The van der Waals surface area contributed by atoms with Crippen LogP contribution in [-0.2, 0) is 17.9 Å². The quantitative estimate of drug-likeness (QED) is 0.174. The molecule has 0 saturated carbocycles. The van der Waals surface area contributed by atoms with Crippen molar-refractivity contribution in [2.45, 2.75) is 32.9 Å². The molecule has 1 heterocycles. The van der Waals surface area contributed by atoms with Crippen molar-refractivity contribution in [1.29, 1.82) is 0 Å². The zero-order valence-corrected chi connectivity index (χ0v) is 21.5. The number of fused-ring (bicyclic) bond motifs is 1. The van der Waals surface area contributed by atoms with E-state index < -0.39 is 0 Å². The summed E-state index contributed by atoms with van der Waals surface area (Å²) in [6.45, 7) is 3.29. The van der Waals surface area contributed by atoms with E-state index >= 15 is 0 Å². The molecule has 0 radical (unpaired) electrons. The van der Waals surface area contributed by atoms with Crippen LogP contribution in [0.15, 0.2) is 60.7 Å². The number of amides is 1. The summed E-state index contributed by atoms with van der Waals surface area (Å²) < 4.78 is 26.9. The maximum atomic E-state index is 14.0. The number of unbranched alkanes of at least 4 members (excludes halogenated alkanes) is 1. The molecule has 4 aromatic rings. The van der Waals surface area contributed by atoms with Crippen molar-refractivity contribution in [2.75, 3.05) is 20.8 Å². The van der Waals surface area contributed by atoms with Crippen molar-refractivity contribution in [3.05, 3.63) is 82.9 Å². The number of quaternary nitrogens is 1. The van der Waals surface area contributed by atoms with Gasteiger partial charge in [-0.05, 0) is 42.3 Å². The van der Waals surface area contributed by atoms with E-state index in [4.69, 9.17) is 26.1 Å². The van der Waals surface area contributed by atoms with Gasteiger partial charge in [-0.1, -0.05) is 49.2 Å². The van der Waals surface area contributed by atoms with Crippen molar-refractivity contribution >= 4 is 34.7 Å². The third kappa shape index (κ3) is 4.94. The van der Waals surface area contributed by atoms with Gasteiger partial charge in [0, 0.05) is 12.6 Å². The molecular formula is C28H30ClFN3O3+. The SMILES string of the molecule is CCCC[N+](C=O)(Cc1nc2ccccc2n1Cc1cccc(F)c1)c1ccc(OC)c(OC)c1Cl. The van der Waals surface area contributed by atoms with Crippen molar-refractivity contribution in [1.82, 2.24) is 14.0 Å². The summed E-state index contributed by atoms with van der Waals surface area (Å²) >= 11 is 6.82. The molecule has 36 heavy (non-hydrogen) atoms. The van der Waals surface area contributed by atoms with Crippen LogP contribution in [-0.4, -0.2) is 36.7 Å². The molecule has 0 saturated heterocycles. The Balaban J connectivity index is 1.87. The van der Waals surface area contributed by atoms with Gasteiger partial charge in [-0.25, -0.2) is 18.7 Å². The van der Waals surface area contributed by atoms with Gasteiger partial charge >= 0.3 is 6.41 Å². The predicted octanol–water partition coefficient (Wildman–Crippen LogP) is 6.36. The first-order valence-electron chi connectivity index (χ1n) is 11.9. The zero-order valence-electron chi connectivity index (χ0n) is 20.7. The smallest absolute Gasteiger partial charge is 0.306 e. The Morgan fingerprint density at radius 2 is 1.89 bits per heavy atom. The van der Waals surface area contributed by atoms with E-state index in [1.165, 1.54) is 19.2 Å². The van der Waals surface area contributed by atoms with Gasteiger partial charge in [-0.2, -0.15) is 0 Å². The molecule has 1 unspecified atom stereocenters. The Hall–Kier alpha value is -3.42. The Bertz CT molecular complexity index is 1370. The zero-order chi connectivity index (χ0) is 25.7. The Labute approximate surface area is 215 Å². The summed E-state index contributed by atoms with van der Waals surface area (Å²) in [5.74, 6) is 1.28. The molecule has 0 fully saturated rings. The standard InChI is InChI=1S/C28H30ClFN3O3/c1-4-5-15-33(19-34,24-13-14-25(35-2)28(36-3)27(24)29)18-26-31-22-11-6-7-12-23(22)32(26)17-20-9-8-10-21(30)16-20/h6-14,16,19H,4-5,15,17-18H2,1-3H3/q+1. The number of nitrogens with zero attached hydrogens (tertiary/aromatic N) is 3. The maximum absolute atomic E-state index is 14.0. The van der Waals surface area contributed by atoms with Crippen LogP contribution in [0, 0.1) is 5.82 Å².